The third-order valence-corrected chi connectivity index (χ3v) is 15.3. The number of amides is 4. The number of methoxy groups -OCH3 is 1. The number of amidine groups is 1. The monoisotopic (exact) mass is 1020 g/mol. The lowest BCUT2D eigenvalue weighted by atomic mass is 9.91. The highest BCUT2D eigenvalue weighted by Crippen LogP contribution is 2.42. The van der Waals surface area contributed by atoms with E-state index in [1.165, 1.54) is 18.1 Å². The Morgan fingerprint density at radius 2 is 1.61 bits per heavy atom. The highest BCUT2D eigenvalue weighted by molar-refractivity contribution is 7.82. The van der Waals surface area contributed by atoms with Crippen molar-refractivity contribution in [3.05, 3.63) is 107 Å². The maximum atomic E-state index is 13.9. The summed E-state index contributed by atoms with van der Waals surface area (Å²) in [5.41, 5.74) is 11.8. The molecule has 4 aromatic carbocycles. The van der Waals surface area contributed by atoms with Crippen LogP contribution in [0.3, 0.4) is 0 Å². The number of benzene rings is 4. The summed E-state index contributed by atoms with van der Waals surface area (Å²) in [5.74, 6) is 2.38. The molecule has 3 fully saturated rings. The van der Waals surface area contributed by atoms with Gasteiger partial charge in [-0.1, -0.05) is 50.9 Å². The normalized spacial score (nSPS) is 16.9. The molecule has 4 aliphatic rings. The van der Waals surface area contributed by atoms with Gasteiger partial charge in [0.25, 0.3) is 5.91 Å². The zero-order valence-corrected chi connectivity index (χ0v) is 43.9. The van der Waals surface area contributed by atoms with Crippen LogP contribution in [0.15, 0.2) is 85.1 Å². The number of ether oxygens (including phenoxy) is 2. The number of phenolic OH excluding ortho intramolecular Hbond substituents is 1. The van der Waals surface area contributed by atoms with Gasteiger partial charge in [-0.25, -0.2) is 14.7 Å². The summed E-state index contributed by atoms with van der Waals surface area (Å²) in [6.45, 7) is 15.1. The van der Waals surface area contributed by atoms with Crippen molar-refractivity contribution in [3.8, 4) is 17.2 Å². The van der Waals surface area contributed by atoms with Crippen molar-refractivity contribution in [2.24, 2.45) is 17.6 Å². The fourth-order valence-electron chi connectivity index (χ4n) is 10.6. The fourth-order valence-corrected chi connectivity index (χ4v) is 11.0. The number of primary amides is 1. The van der Waals surface area contributed by atoms with Gasteiger partial charge in [-0.2, -0.15) is 4.98 Å². The minimum Gasteiger partial charge on any atom is -0.508 e. The van der Waals surface area contributed by atoms with Crippen LogP contribution in [0.25, 0.3) is 0 Å². The third kappa shape index (κ3) is 11.0. The van der Waals surface area contributed by atoms with Gasteiger partial charge in [0.15, 0.2) is 5.82 Å². The maximum Gasteiger partial charge on any atom is 0.325 e. The van der Waals surface area contributed by atoms with Crippen molar-refractivity contribution in [3.63, 3.8) is 0 Å². The number of piperidine rings is 2. The van der Waals surface area contributed by atoms with Gasteiger partial charge >= 0.3 is 6.03 Å². The molecule has 9 rings (SSSR count). The highest BCUT2D eigenvalue weighted by Gasteiger charge is 2.34. The van der Waals surface area contributed by atoms with E-state index < -0.39 is 6.03 Å². The average molecular weight is 1030 g/mol. The standard InChI is InChI=1S/C55H68N12O6S/c1-6-73-49-29-40(15-16-44(49)59-55-58-32-46-51(60-55)67(74)45-10-8-7-9-41(45)53(70)61(46)4)64-23-19-38(20-24-64)52(69)65-21-17-37(18-22-65)34-63-27-25-62(26-28-63)33-36-11-13-39(14-12-36)66(54(57)71)50(56)43-30-42(35(2)3)47(68)31-48(43)72-5/h7-16,29-32,35,37-38,56,68,74H,6,17-28,33-34H2,1-5H3,(H2,57,71)(H,58,59,60). The van der Waals surface area contributed by atoms with Crippen molar-refractivity contribution in [1.82, 2.24) is 24.7 Å². The molecule has 0 spiro atoms. The predicted octanol–water partition coefficient (Wildman–Crippen LogP) is 8.21. The Kier molecular flexibility index (Phi) is 15.8. The molecule has 0 aliphatic carbocycles. The van der Waals surface area contributed by atoms with Crippen molar-refractivity contribution < 1.29 is 29.0 Å². The Labute approximate surface area is 439 Å². The summed E-state index contributed by atoms with van der Waals surface area (Å²) in [6.07, 6.45) is 5.26. The van der Waals surface area contributed by atoms with E-state index in [1.54, 1.807) is 29.7 Å². The number of thiol groups is 1. The second-order valence-electron chi connectivity index (χ2n) is 19.9. The molecule has 4 amide bonds. The van der Waals surface area contributed by atoms with E-state index in [9.17, 15) is 19.5 Å². The van der Waals surface area contributed by atoms with Crippen LogP contribution in [-0.4, -0.2) is 133 Å². The van der Waals surface area contributed by atoms with Crippen molar-refractivity contribution in [2.75, 3.05) is 104 Å². The molecule has 0 bridgehead atoms. The summed E-state index contributed by atoms with van der Waals surface area (Å²) in [4.78, 5) is 61.3. The summed E-state index contributed by atoms with van der Waals surface area (Å²) in [6, 6.07) is 23.3. The Morgan fingerprint density at radius 3 is 2.28 bits per heavy atom. The van der Waals surface area contributed by atoms with Crippen LogP contribution >= 0.6 is 12.8 Å². The maximum absolute atomic E-state index is 13.9. The Hall–Kier alpha value is -7.09. The molecule has 19 heteroatoms. The molecule has 1 aromatic heterocycles. The summed E-state index contributed by atoms with van der Waals surface area (Å²) in [5, 5.41) is 22.8. The first-order valence-corrected chi connectivity index (χ1v) is 26.0. The lowest BCUT2D eigenvalue weighted by Crippen LogP contribution is -2.49. The second kappa shape index (κ2) is 22.6. The lowest BCUT2D eigenvalue weighted by molar-refractivity contribution is -0.137. The van der Waals surface area contributed by atoms with Crippen LogP contribution in [0.2, 0.25) is 0 Å². The SMILES string of the molecule is CCOc1cc(N2CCC(C(=O)N3CCC(CN4CCN(Cc5ccc(N(C(=N)c6cc(C(C)C)c(O)cc6OC)C(N)=O)cc5)CC4)CC3)CC2)ccc1Nc1ncc2c(n1)N(S)c1ccccc1C(=O)N2C. The number of fused-ring (bicyclic) bond motifs is 2. The molecule has 0 unspecified atom stereocenters. The van der Waals surface area contributed by atoms with Gasteiger partial charge in [0.1, 0.15) is 28.8 Å². The molecule has 390 valence electrons. The number of carbonyl (C=O) groups excluding carboxylic acids is 3. The lowest BCUT2D eigenvalue weighted by Gasteiger charge is -2.40. The third-order valence-electron chi connectivity index (χ3n) is 14.9. The number of aromatic nitrogens is 2. The number of nitrogens with two attached hydrogens (primary N) is 1. The van der Waals surface area contributed by atoms with Crippen LogP contribution in [-0.2, 0) is 11.3 Å². The largest absolute Gasteiger partial charge is 0.508 e. The fraction of sp³-hybridized carbons (Fsp3) is 0.418. The first-order chi connectivity index (χ1) is 35.7. The van der Waals surface area contributed by atoms with E-state index in [2.05, 4.69) is 36.0 Å². The van der Waals surface area contributed by atoms with Crippen LogP contribution < -0.4 is 39.5 Å². The molecular formula is C55H68N12O6S. The van der Waals surface area contributed by atoms with Crippen LogP contribution in [0.4, 0.5) is 45.0 Å². The summed E-state index contributed by atoms with van der Waals surface area (Å²) >= 11 is 4.75. The number of para-hydroxylation sites is 1. The van der Waals surface area contributed by atoms with Gasteiger partial charge in [-0.15, -0.1) is 0 Å². The number of phenols is 1. The number of hydrogen-bond donors (Lipinski definition) is 5. The molecule has 74 heavy (non-hydrogen) atoms. The number of nitrogens with one attached hydrogen (secondary N) is 2. The van der Waals surface area contributed by atoms with E-state index in [1.807, 2.05) is 75.4 Å². The molecule has 5 N–H and O–H groups in total. The van der Waals surface area contributed by atoms with Gasteiger partial charge in [0.2, 0.25) is 11.9 Å². The quantitative estimate of drug-likeness (QED) is 0.0405. The Morgan fingerprint density at radius 1 is 0.905 bits per heavy atom. The number of piperazine rings is 1. The molecule has 5 heterocycles. The number of nitrogens with zero attached hydrogens (tertiary/aromatic N) is 9. The van der Waals surface area contributed by atoms with Gasteiger partial charge in [-0.05, 0) is 98.0 Å². The zero-order valence-electron chi connectivity index (χ0n) is 43.0. The molecule has 0 atom stereocenters. The van der Waals surface area contributed by atoms with E-state index in [0.29, 0.717) is 69.5 Å². The van der Waals surface area contributed by atoms with Crippen LogP contribution in [0.1, 0.15) is 79.4 Å². The molecular weight excluding hydrogens is 957 g/mol. The number of aromatic hydroxyl groups is 1. The summed E-state index contributed by atoms with van der Waals surface area (Å²) < 4.78 is 13.2. The van der Waals surface area contributed by atoms with Gasteiger partial charge in [0, 0.05) is 96.2 Å². The van der Waals surface area contributed by atoms with E-state index in [0.717, 1.165) is 107 Å². The number of likely N-dealkylation sites (tertiary alicyclic amines) is 1. The van der Waals surface area contributed by atoms with Crippen molar-refractivity contribution in [2.45, 2.75) is 58.9 Å². The number of urea groups is 1. The van der Waals surface area contributed by atoms with Crippen LogP contribution in [0, 0.1) is 17.2 Å². The number of carbonyl (C=O) groups is 3. The molecule has 0 radical (unpaired) electrons. The summed E-state index contributed by atoms with van der Waals surface area (Å²) in [7, 11) is 3.16. The van der Waals surface area contributed by atoms with Gasteiger partial charge in [0.05, 0.1) is 48.1 Å². The number of rotatable bonds is 14. The number of anilines is 7. The molecule has 3 saturated heterocycles. The zero-order chi connectivity index (χ0) is 52.2. The van der Waals surface area contributed by atoms with Crippen molar-refractivity contribution in [1.29, 1.82) is 5.41 Å². The highest BCUT2D eigenvalue weighted by atomic mass is 32.1. The van der Waals surface area contributed by atoms with E-state index in [4.69, 9.17) is 38.4 Å². The Bertz CT molecular complexity index is 2860. The molecule has 0 saturated carbocycles. The van der Waals surface area contributed by atoms with Gasteiger partial charge < -0.3 is 45.2 Å². The topological polar surface area (TPSA) is 200 Å². The predicted molar refractivity (Wildman–Crippen MR) is 293 cm³/mol. The minimum atomic E-state index is -0.787. The second-order valence-corrected chi connectivity index (χ2v) is 20.3. The first-order valence-electron chi connectivity index (χ1n) is 25.6. The molecule has 4 aliphatic heterocycles. The Balaban J connectivity index is 0.718. The smallest absolute Gasteiger partial charge is 0.325 e. The minimum absolute atomic E-state index is 0.00914. The molecule has 18 nitrogen and oxygen atoms in total. The van der Waals surface area contributed by atoms with E-state index >= 15 is 0 Å². The first kappa shape index (κ1) is 51.8. The van der Waals surface area contributed by atoms with Crippen LogP contribution in [0.5, 0.6) is 17.2 Å². The van der Waals surface area contributed by atoms with E-state index in [-0.39, 0.29) is 41.0 Å². The molecule has 5 aromatic rings. The van der Waals surface area contributed by atoms with Gasteiger partial charge in [-0.3, -0.25) is 24.2 Å². The van der Waals surface area contributed by atoms with Crippen molar-refractivity contribution >= 4 is 76.7 Å². The average Bonchev–Trinajstić information content (AvgIpc) is 3.49. The number of hydrogen-bond acceptors (Lipinski definition) is 15.